The number of carbonyl (C=O) groups excluding carboxylic acids is 2. The van der Waals surface area contributed by atoms with Gasteiger partial charge in [-0.3, -0.25) is 14.6 Å². The first kappa shape index (κ1) is 21.7. The summed E-state index contributed by atoms with van der Waals surface area (Å²) in [6.07, 6.45) is 3.11. The zero-order valence-electron chi connectivity index (χ0n) is 19.1. The second-order valence-corrected chi connectivity index (χ2v) is 8.72. The van der Waals surface area contributed by atoms with Crippen molar-refractivity contribution in [3.63, 3.8) is 0 Å². The summed E-state index contributed by atoms with van der Waals surface area (Å²) in [6, 6.07) is 15.1. The monoisotopic (exact) mass is 431 g/mol. The molecule has 32 heavy (non-hydrogen) atoms. The Bertz CT molecular complexity index is 1140. The molecule has 1 aromatic carbocycles. The number of aryl methyl sites for hydroxylation is 2. The van der Waals surface area contributed by atoms with E-state index in [0.717, 1.165) is 23.5 Å². The predicted molar refractivity (Wildman–Crippen MR) is 123 cm³/mol. The number of likely N-dealkylation sites (N-methyl/N-ethyl adjacent to an activating group) is 1. The first-order valence-electron chi connectivity index (χ1n) is 10.9. The minimum absolute atomic E-state index is 0.0231. The first-order valence-corrected chi connectivity index (χ1v) is 10.9. The molecule has 1 atom stereocenters. The highest BCUT2D eigenvalue weighted by molar-refractivity contribution is 5.96. The Morgan fingerprint density at radius 3 is 2.53 bits per heavy atom. The number of carbonyl (C=O) groups is 2. The predicted octanol–water partition coefficient (Wildman–Crippen LogP) is 3.15. The lowest BCUT2D eigenvalue weighted by atomic mass is 9.75. The molecule has 2 amide bonds. The largest absolute Gasteiger partial charge is 0.348 e. The van der Waals surface area contributed by atoms with Gasteiger partial charge in [-0.05, 0) is 63.1 Å². The number of hydrogen-bond donors (Lipinski definition) is 0. The number of rotatable bonds is 4. The zero-order valence-corrected chi connectivity index (χ0v) is 19.1. The molecule has 0 bridgehead atoms. The van der Waals surface area contributed by atoms with Crippen molar-refractivity contribution in [2.45, 2.75) is 32.1 Å². The summed E-state index contributed by atoms with van der Waals surface area (Å²) in [5.41, 5.74) is 3.25. The molecular formula is C25H29N5O2. The molecule has 0 radical (unpaired) electrons. The van der Waals surface area contributed by atoms with Gasteiger partial charge in [0.05, 0.1) is 17.1 Å². The summed E-state index contributed by atoms with van der Waals surface area (Å²) in [5, 5.41) is 4.53. The third-order valence-corrected chi connectivity index (χ3v) is 6.10. The third-order valence-electron chi connectivity index (χ3n) is 6.10. The second-order valence-electron chi connectivity index (χ2n) is 8.72. The van der Waals surface area contributed by atoms with E-state index in [1.807, 2.05) is 67.1 Å². The van der Waals surface area contributed by atoms with Gasteiger partial charge in [0.25, 0.3) is 5.91 Å². The minimum Gasteiger partial charge on any atom is -0.348 e. The first-order chi connectivity index (χ1) is 15.3. The van der Waals surface area contributed by atoms with Gasteiger partial charge < -0.3 is 9.80 Å². The summed E-state index contributed by atoms with van der Waals surface area (Å²) in [5.74, 6) is -0.106. The quantitative estimate of drug-likeness (QED) is 0.636. The van der Waals surface area contributed by atoms with Crippen LogP contribution in [0.2, 0.25) is 0 Å². The maximum Gasteiger partial charge on any atom is 0.253 e. The summed E-state index contributed by atoms with van der Waals surface area (Å²) in [6.45, 7) is 4.86. The summed E-state index contributed by atoms with van der Waals surface area (Å²) >= 11 is 0. The van der Waals surface area contributed by atoms with Crippen molar-refractivity contribution in [3.05, 3.63) is 77.4 Å². The lowest BCUT2D eigenvalue weighted by Gasteiger charge is -2.42. The second kappa shape index (κ2) is 8.57. The SMILES string of the molecule is Cc1cc(C)n(-c2cccc(C(=O)N3CCC[C@](C(=O)N(C)C)(c4ccccn4)C3)c2)n1. The standard InChI is InChI=1S/C25H29N5O2/c1-18-15-19(2)30(27-18)21-10-7-9-20(16-21)23(31)29-14-8-12-25(17-29,24(32)28(3)4)22-11-5-6-13-26-22/h5-7,9-11,13,15-16H,8,12,14,17H2,1-4H3/t25-/m1/s1. The Kier molecular flexibility index (Phi) is 5.82. The molecule has 2 aromatic heterocycles. The van der Waals surface area contributed by atoms with E-state index in [1.165, 1.54) is 0 Å². The molecule has 4 rings (SSSR count). The number of likely N-dealkylation sites (tertiary alicyclic amines) is 1. The molecule has 0 unspecified atom stereocenters. The summed E-state index contributed by atoms with van der Waals surface area (Å²) < 4.78 is 1.84. The molecule has 7 nitrogen and oxygen atoms in total. The minimum atomic E-state index is -0.841. The number of hydrogen-bond acceptors (Lipinski definition) is 4. The van der Waals surface area contributed by atoms with Crippen LogP contribution in [0.15, 0.2) is 54.7 Å². The molecule has 1 saturated heterocycles. The molecule has 166 valence electrons. The molecule has 7 heteroatoms. The van der Waals surface area contributed by atoms with Crippen molar-refractivity contribution in [1.82, 2.24) is 24.6 Å². The molecule has 0 spiro atoms. The van der Waals surface area contributed by atoms with Crippen molar-refractivity contribution in [2.24, 2.45) is 0 Å². The van der Waals surface area contributed by atoms with E-state index in [4.69, 9.17) is 0 Å². The topological polar surface area (TPSA) is 71.3 Å². The van der Waals surface area contributed by atoms with E-state index in [0.29, 0.717) is 30.8 Å². The van der Waals surface area contributed by atoms with Gasteiger partial charge in [0.1, 0.15) is 5.41 Å². The van der Waals surface area contributed by atoms with Crippen LogP contribution in [0.1, 0.15) is 40.3 Å². The van der Waals surface area contributed by atoms with Crippen molar-refractivity contribution >= 4 is 11.8 Å². The van der Waals surface area contributed by atoms with Crippen LogP contribution in [0.5, 0.6) is 0 Å². The van der Waals surface area contributed by atoms with E-state index in [-0.39, 0.29) is 11.8 Å². The number of aromatic nitrogens is 3. The van der Waals surface area contributed by atoms with Crippen molar-refractivity contribution < 1.29 is 9.59 Å². The van der Waals surface area contributed by atoms with Gasteiger partial charge in [-0.2, -0.15) is 5.10 Å². The van der Waals surface area contributed by atoms with Crippen LogP contribution < -0.4 is 0 Å². The van der Waals surface area contributed by atoms with Gasteiger partial charge in [-0.25, -0.2) is 4.68 Å². The molecule has 0 saturated carbocycles. The Morgan fingerprint density at radius 2 is 1.88 bits per heavy atom. The fourth-order valence-corrected chi connectivity index (χ4v) is 4.64. The van der Waals surface area contributed by atoms with Gasteiger partial charge in [0, 0.05) is 44.6 Å². The number of pyridine rings is 1. The van der Waals surface area contributed by atoms with Gasteiger partial charge in [0.15, 0.2) is 0 Å². The van der Waals surface area contributed by atoms with Crippen molar-refractivity contribution in [1.29, 1.82) is 0 Å². The van der Waals surface area contributed by atoms with Crippen LogP contribution in [-0.4, -0.2) is 63.6 Å². The molecule has 1 fully saturated rings. The number of piperidine rings is 1. The van der Waals surface area contributed by atoms with E-state index < -0.39 is 5.41 Å². The zero-order chi connectivity index (χ0) is 22.9. The molecular weight excluding hydrogens is 402 g/mol. The Labute approximate surface area is 188 Å². The summed E-state index contributed by atoms with van der Waals surface area (Å²) in [4.78, 5) is 34.8. The molecule has 0 aliphatic carbocycles. The maximum absolute atomic E-state index is 13.5. The normalized spacial score (nSPS) is 18.4. The highest BCUT2D eigenvalue weighted by Gasteiger charge is 2.46. The van der Waals surface area contributed by atoms with Gasteiger partial charge in [-0.15, -0.1) is 0 Å². The number of amides is 2. The Morgan fingerprint density at radius 1 is 1.06 bits per heavy atom. The van der Waals surface area contributed by atoms with Crippen LogP contribution in [0.3, 0.4) is 0 Å². The van der Waals surface area contributed by atoms with Gasteiger partial charge in [0.2, 0.25) is 5.91 Å². The average Bonchev–Trinajstić information content (AvgIpc) is 3.16. The molecule has 1 aliphatic rings. The fraction of sp³-hybridized carbons (Fsp3) is 0.360. The fourth-order valence-electron chi connectivity index (χ4n) is 4.64. The Hall–Kier alpha value is -3.48. The lowest BCUT2D eigenvalue weighted by Crippen LogP contribution is -2.56. The highest BCUT2D eigenvalue weighted by Crippen LogP contribution is 2.35. The van der Waals surface area contributed by atoms with Gasteiger partial charge >= 0.3 is 0 Å². The van der Waals surface area contributed by atoms with Crippen LogP contribution in [-0.2, 0) is 10.2 Å². The highest BCUT2D eigenvalue weighted by atomic mass is 16.2. The van der Waals surface area contributed by atoms with Crippen LogP contribution in [0.25, 0.3) is 5.69 Å². The molecule has 0 N–H and O–H groups in total. The number of benzene rings is 1. The third kappa shape index (κ3) is 3.90. The van der Waals surface area contributed by atoms with Crippen LogP contribution >= 0.6 is 0 Å². The molecule has 3 heterocycles. The molecule has 3 aromatic rings. The number of nitrogens with zero attached hydrogens (tertiary/aromatic N) is 5. The van der Waals surface area contributed by atoms with Crippen LogP contribution in [0, 0.1) is 13.8 Å². The van der Waals surface area contributed by atoms with E-state index in [2.05, 4.69) is 10.1 Å². The smallest absolute Gasteiger partial charge is 0.253 e. The Balaban J connectivity index is 1.67. The van der Waals surface area contributed by atoms with Crippen LogP contribution in [0.4, 0.5) is 0 Å². The van der Waals surface area contributed by atoms with E-state index in [1.54, 1.807) is 30.1 Å². The van der Waals surface area contributed by atoms with Crippen molar-refractivity contribution in [2.75, 3.05) is 27.2 Å². The van der Waals surface area contributed by atoms with Gasteiger partial charge in [-0.1, -0.05) is 12.1 Å². The van der Waals surface area contributed by atoms with Crippen molar-refractivity contribution in [3.8, 4) is 5.69 Å². The maximum atomic E-state index is 13.5. The molecule has 1 aliphatic heterocycles. The van der Waals surface area contributed by atoms with E-state index >= 15 is 0 Å². The van der Waals surface area contributed by atoms with E-state index in [9.17, 15) is 9.59 Å². The summed E-state index contributed by atoms with van der Waals surface area (Å²) in [7, 11) is 3.51. The average molecular weight is 432 g/mol. The lowest BCUT2D eigenvalue weighted by molar-refractivity contribution is -0.136.